The van der Waals surface area contributed by atoms with Crippen LogP contribution in [0.25, 0.3) is 0 Å². The van der Waals surface area contributed by atoms with Crippen LogP contribution < -0.4 is 10.6 Å². The van der Waals surface area contributed by atoms with Crippen molar-refractivity contribution in [2.45, 2.75) is 32.8 Å². The van der Waals surface area contributed by atoms with Gasteiger partial charge in [0.25, 0.3) is 5.69 Å². The van der Waals surface area contributed by atoms with Gasteiger partial charge in [0, 0.05) is 24.8 Å². The minimum Gasteiger partial charge on any atom is -0.444 e. The Morgan fingerprint density at radius 1 is 1.36 bits per heavy atom. The van der Waals surface area contributed by atoms with Crippen LogP contribution in [0, 0.1) is 10.1 Å². The number of nitrogens with one attached hydrogen (secondary N) is 2. The molecular formula is C14H20BrN3O4. The molecule has 7 nitrogen and oxygen atoms in total. The van der Waals surface area contributed by atoms with Crippen molar-refractivity contribution in [3.8, 4) is 0 Å². The average Bonchev–Trinajstić information content (AvgIpc) is 2.35. The molecule has 0 unspecified atom stereocenters. The number of rotatable bonds is 6. The summed E-state index contributed by atoms with van der Waals surface area (Å²) in [6.45, 7) is 6.53. The molecule has 0 radical (unpaired) electrons. The van der Waals surface area contributed by atoms with Crippen LogP contribution in [0.5, 0.6) is 0 Å². The normalized spacial score (nSPS) is 10.9. The van der Waals surface area contributed by atoms with E-state index in [0.29, 0.717) is 24.0 Å². The molecule has 1 rings (SSSR count). The van der Waals surface area contributed by atoms with E-state index in [1.54, 1.807) is 32.9 Å². The molecule has 122 valence electrons. The van der Waals surface area contributed by atoms with Gasteiger partial charge in [0.15, 0.2) is 0 Å². The summed E-state index contributed by atoms with van der Waals surface area (Å²) in [4.78, 5) is 21.7. The van der Waals surface area contributed by atoms with Gasteiger partial charge in [0.2, 0.25) is 0 Å². The molecule has 1 amide bonds. The van der Waals surface area contributed by atoms with Crippen LogP contribution >= 0.6 is 15.9 Å². The predicted molar refractivity (Wildman–Crippen MR) is 88.1 cm³/mol. The summed E-state index contributed by atoms with van der Waals surface area (Å²) in [7, 11) is 0. The third-order valence-corrected chi connectivity index (χ3v) is 3.13. The molecule has 0 aliphatic heterocycles. The zero-order chi connectivity index (χ0) is 16.8. The van der Waals surface area contributed by atoms with Gasteiger partial charge in [0.1, 0.15) is 5.60 Å². The number of ether oxygens (including phenoxy) is 1. The number of hydrogen-bond acceptors (Lipinski definition) is 5. The summed E-state index contributed by atoms with van der Waals surface area (Å²) in [5.41, 5.74) is 0.291. The molecule has 0 bridgehead atoms. The van der Waals surface area contributed by atoms with E-state index in [1.807, 2.05) is 0 Å². The third-order valence-electron chi connectivity index (χ3n) is 2.50. The first-order valence-electron chi connectivity index (χ1n) is 6.84. The number of benzene rings is 1. The molecule has 1 aromatic rings. The monoisotopic (exact) mass is 373 g/mol. The van der Waals surface area contributed by atoms with Crippen LogP contribution in [0.3, 0.4) is 0 Å². The largest absolute Gasteiger partial charge is 0.444 e. The van der Waals surface area contributed by atoms with Crippen LogP contribution in [0.15, 0.2) is 22.7 Å². The number of alkyl carbamates (subject to hydrolysis) is 1. The van der Waals surface area contributed by atoms with E-state index in [1.165, 1.54) is 6.07 Å². The highest BCUT2D eigenvalue weighted by Gasteiger charge is 2.15. The van der Waals surface area contributed by atoms with Crippen molar-refractivity contribution in [2.75, 3.05) is 18.4 Å². The SMILES string of the molecule is CC(C)(C)OC(=O)NCCCNc1ccc([N+](=O)[O-])c(Br)c1. The molecular weight excluding hydrogens is 354 g/mol. The number of nitrogens with zero attached hydrogens (tertiary/aromatic N) is 1. The van der Waals surface area contributed by atoms with Gasteiger partial charge >= 0.3 is 6.09 Å². The molecule has 8 heteroatoms. The fourth-order valence-electron chi connectivity index (χ4n) is 1.59. The fraction of sp³-hybridized carbons (Fsp3) is 0.500. The van der Waals surface area contributed by atoms with Crippen LogP contribution in [0.4, 0.5) is 16.2 Å². The van der Waals surface area contributed by atoms with Crippen molar-refractivity contribution >= 4 is 33.4 Å². The van der Waals surface area contributed by atoms with Crippen molar-refractivity contribution in [3.63, 3.8) is 0 Å². The summed E-state index contributed by atoms with van der Waals surface area (Å²) >= 11 is 3.16. The van der Waals surface area contributed by atoms with E-state index in [2.05, 4.69) is 26.6 Å². The first kappa shape index (κ1) is 18.2. The second-order valence-corrected chi connectivity index (χ2v) is 6.49. The lowest BCUT2D eigenvalue weighted by Gasteiger charge is -2.19. The van der Waals surface area contributed by atoms with E-state index in [-0.39, 0.29) is 5.69 Å². The summed E-state index contributed by atoms with van der Waals surface area (Å²) in [6, 6.07) is 4.73. The first-order chi connectivity index (χ1) is 10.2. The summed E-state index contributed by atoms with van der Waals surface area (Å²) in [5, 5.41) is 16.5. The Labute approximate surface area is 137 Å². The van der Waals surface area contributed by atoms with Crippen molar-refractivity contribution in [1.82, 2.24) is 5.32 Å². The smallest absolute Gasteiger partial charge is 0.407 e. The van der Waals surface area contributed by atoms with Crippen molar-refractivity contribution in [2.24, 2.45) is 0 Å². The Balaban J connectivity index is 2.29. The zero-order valence-electron chi connectivity index (χ0n) is 12.8. The lowest BCUT2D eigenvalue weighted by Crippen LogP contribution is -2.33. The maximum atomic E-state index is 11.4. The quantitative estimate of drug-likeness (QED) is 0.450. The van der Waals surface area contributed by atoms with Gasteiger partial charge in [-0.2, -0.15) is 0 Å². The second kappa shape index (κ2) is 7.98. The maximum Gasteiger partial charge on any atom is 0.407 e. The number of halogens is 1. The van der Waals surface area contributed by atoms with Gasteiger partial charge in [-0.25, -0.2) is 4.79 Å². The average molecular weight is 374 g/mol. The van der Waals surface area contributed by atoms with Crippen LogP contribution in [-0.4, -0.2) is 29.7 Å². The number of hydrogen-bond donors (Lipinski definition) is 2. The van der Waals surface area contributed by atoms with Gasteiger partial charge in [-0.05, 0) is 55.3 Å². The fourth-order valence-corrected chi connectivity index (χ4v) is 2.11. The van der Waals surface area contributed by atoms with Crippen LogP contribution in [0.1, 0.15) is 27.2 Å². The minimum atomic E-state index is -0.507. The minimum absolute atomic E-state index is 0.0251. The highest BCUT2D eigenvalue weighted by atomic mass is 79.9. The van der Waals surface area contributed by atoms with Gasteiger partial charge in [-0.3, -0.25) is 10.1 Å². The Morgan fingerprint density at radius 2 is 2.05 bits per heavy atom. The number of nitro groups is 1. The van der Waals surface area contributed by atoms with E-state index in [0.717, 1.165) is 5.69 Å². The second-order valence-electron chi connectivity index (χ2n) is 5.63. The number of nitro benzene ring substituents is 1. The Bertz CT molecular complexity index is 543. The molecule has 1 aromatic carbocycles. The van der Waals surface area contributed by atoms with Crippen molar-refractivity contribution < 1.29 is 14.5 Å². The van der Waals surface area contributed by atoms with Crippen molar-refractivity contribution in [1.29, 1.82) is 0 Å². The van der Waals surface area contributed by atoms with Crippen LogP contribution in [0.2, 0.25) is 0 Å². The summed E-state index contributed by atoms with van der Waals surface area (Å²) in [6.07, 6.45) is 0.263. The number of amides is 1. The first-order valence-corrected chi connectivity index (χ1v) is 7.63. The highest BCUT2D eigenvalue weighted by Crippen LogP contribution is 2.27. The highest BCUT2D eigenvalue weighted by molar-refractivity contribution is 9.10. The van der Waals surface area contributed by atoms with Crippen LogP contribution in [-0.2, 0) is 4.74 Å². The Kier molecular flexibility index (Phi) is 6.61. The topological polar surface area (TPSA) is 93.5 Å². The molecule has 2 N–H and O–H groups in total. The molecule has 0 aliphatic carbocycles. The lowest BCUT2D eigenvalue weighted by atomic mass is 10.2. The Hall–Kier alpha value is -1.83. The molecule has 22 heavy (non-hydrogen) atoms. The lowest BCUT2D eigenvalue weighted by molar-refractivity contribution is -0.385. The molecule has 0 heterocycles. The van der Waals surface area contributed by atoms with Gasteiger partial charge < -0.3 is 15.4 Å². The Morgan fingerprint density at radius 3 is 2.59 bits per heavy atom. The molecule has 0 saturated carbocycles. The molecule has 0 aromatic heterocycles. The third kappa shape index (κ3) is 6.75. The summed E-state index contributed by atoms with van der Waals surface area (Å²) in [5.74, 6) is 0. The number of carbonyl (C=O) groups excluding carboxylic acids is 1. The number of anilines is 1. The van der Waals surface area contributed by atoms with E-state index < -0.39 is 16.6 Å². The van der Waals surface area contributed by atoms with Gasteiger partial charge in [0.05, 0.1) is 9.40 Å². The standard InChI is InChI=1S/C14H20BrN3O4/c1-14(2,3)22-13(19)17-8-4-7-16-10-5-6-12(18(20)21)11(15)9-10/h5-6,9,16H,4,7-8H2,1-3H3,(H,17,19). The molecule has 0 spiro atoms. The zero-order valence-corrected chi connectivity index (χ0v) is 14.4. The molecule has 0 fully saturated rings. The van der Waals surface area contributed by atoms with Gasteiger partial charge in [-0.1, -0.05) is 0 Å². The van der Waals surface area contributed by atoms with Gasteiger partial charge in [-0.15, -0.1) is 0 Å². The maximum absolute atomic E-state index is 11.4. The molecule has 0 aliphatic rings. The molecule has 0 atom stereocenters. The summed E-state index contributed by atoms with van der Waals surface area (Å²) < 4.78 is 5.54. The van der Waals surface area contributed by atoms with E-state index in [9.17, 15) is 14.9 Å². The van der Waals surface area contributed by atoms with E-state index >= 15 is 0 Å². The number of carbonyl (C=O) groups is 1. The van der Waals surface area contributed by atoms with E-state index in [4.69, 9.17) is 4.74 Å². The predicted octanol–water partition coefficient (Wildman–Crippen LogP) is 3.68. The molecule has 0 saturated heterocycles. The van der Waals surface area contributed by atoms with Crippen molar-refractivity contribution in [3.05, 3.63) is 32.8 Å².